The number of hydrogen-bond donors (Lipinski definition) is 3. The van der Waals surface area contributed by atoms with Gasteiger partial charge in [-0.25, -0.2) is 0 Å². The van der Waals surface area contributed by atoms with E-state index in [0.29, 0.717) is 0 Å². The summed E-state index contributed by atoms with van der Waals surface area (Å²) in [6.45, 7) is 7.48. The molecule has 2 N–H and O–H groups in total. The number of rotatable bonds is 5. The van der Waals surface area contributed by atoms with Gasteiger partial charge >= 0.3 is 0 Å². The van der Waals surface area contributed by atoms with E-state index >= 15 is 0 Å². The minimum Gasteiger partial charge on any atom is -0.379 e. The van der Waals surface area contributed by atoms with Crippen molar-refractivity contribution >= 4 is 62.1 Å². The number of nitrogens with zero attached hydrogens (tertiary/aromatic N) is 2. The minimum absolute atomic E-state index is 0.809. The maximum absolute atomic E-state index is 5.43. The molecule has 2 aromatic carbocycles. The summed E-state index contributed by atoms with van der Waals surface area (Å²) in [4.78, 5) is 3.59. The Balaban J connectivity index is 1.60. The van der Waals surface area contributed by atoms with Crippen molar-refractivity contribution in [1.82, 2.24) is 14.4 Å². The van der Waals surface area contributed by atoms with E-state index in [1.807, 2.05) is 13.8 Å². The lowest BCUT2D eigenvalue weighted by Gasteiger charge is -2.22. The van der Waals surface area contributed by atoms with Crippen molar-refractivity contribution in [2.75, 3.05) is 31.6 Å². The largest absolute Gasteiger partial charge is 0.379 e. The van der Waals surface area contributed by atoms with Crippen molar-refractivity contribution in [3.05, 3.63) is 47.3 Å². The Morgan fingerprint density at radius 2 is 2.00 bits per heavy atom. The standard InChI is InChI=1S/C23H24N4O2S2/c1-14-22(15(2)29-26-14)17-10-19-18-4-3-16(12-31-27-5-7-28-8-6-27)9-20(18)25-23(19)21(11-17)24-13-30/h3-4,9-13,25,31H,5-8H2,1-2H3,(H,24,30). The molecular formula is C23H24N4O2S2. The number of aromatic nitrogens is 2. The summed E-state index contributed by atoms with van der Waals surface area (Å²) in [7, 11) is 0. The van der Waals surface area contributed by atoms with Crippen LogP contribution in [0.4, 0.5) is 5.69 Å². The van der Waals surface area contributed by atoms with Crippen molar-refractivity contribution in [1.29, 1.82) is 0 Å². The van der Waals surface area contributed by atoms with Gasteiger partial charge in [-0.2, -0.15) is 0 Å². The minimum atomic E-state index is 0.809. The zero-order chi connectivity index (χ0) is 21.4. The van der Waals surface area contributed by atoms with E-state index in [1.165, 1.54) is 28.0 Å². The van der Waals surface area contributed by atoms with E-state index in [9.17, 15) is 0 Å². The Bertz CT molecular complexity index is 1280. The monoisotopic (exact) mass is 452 g/mol. The lowest BCUT2D eigenvalue weighted by atomic mass is 10.00. The van der Waals surface area contributed by atoms with Crippen LogP contribution in [0.15, 0.2) is 34.9 Å². The number of nitrogens with one attached hydrogen (secondary N) is 2. The maximum Gasteiger partial charge on any atom is 0.141 e. The molecule has 0 unspecified atom stereocenters. The van der Waals surface area contributed by atoms with E-state index in [1.54, 1.807) is 0 Å². The van der Waals surface area contributed by atoms with Crippen LogP contribution in [-0.4, -0.2) is 51.6 Å². The van der Waals surface area contributed by atoms with E-state index in [4.69, 9.17) is 21.5 Å². The fraction of sp³-hybridized carbons (Fsp3) is 0.261. The third-order valence-corrected chi connectivity index (χ3v) is 6.88. The molecule has 6 nitrogen and oxygen atoms in total. The number of hydrogen-bond acceptors (Lipinski definition) is 5. The molecule has 0 saturated carbocycles. The highest BCUT2D eigenvalue weighted by Gasteiger charge is 2.16. The predicted octanol–water partition coefficient (Wildman–Crippen LogP) is 4.83. The van der Waals surface area contributed by atoms with E-state index in [0.717, 1.165) is 71.0 Å². The number of H-pyrrole nitrogens is 1. The van der Waals surface area contributed by atoms with Gasteiger partial charge in [-0.3, -0.25) is 4.31 Å². The fourth-order valence-electron chi connectivity index (χ4n) is 4.14. The smallest absolute Gasteiger partial charge is 0.141 e. The first-order valence-corrected chi connectivity index (χ1v) is 11.6. The number of benzene rings is 2. The second-order valence-corrected chi connectivity index (χ2v) is 8.94. The highest BCUT2D eigenvalue weighted by atomic mass is 32.1. The average Bonchev–Trinajstić information content (AvgIpc) is 3.32. The van der Waals surface area contributed by atoms with Crippen LogP contribution in [-0.2, 0) is 4.74 Å². The summed E-state index contributed by atoms with van der Waals surface area (Å²) in [5.41, 5.74) is 8.78. The van der Waals surface area contributed by atoms with E-state index in [2.05, 4.69) is 55.5 Å². The van der Waals surface area contributed by atoms with Crippen LogP contribution in [0.1, 0.15) is 17.0 Å². The first-order valence-electron chi connectivity index (χ1n) is 10.2. The zero-order valence-corrected chi connectivity index (χ0v) is 19.1. The van der Waals surface area contributed by atoms with Gasteiger partial charge in [-0.15, -0.1) is 11.5 Å². The van der Waals surface area contributed by atoms with Gasteiger partial charge in [0.2, 0.25) is 0 Å². The molecule has 5 rings (SSSR count). The zero-order valence-electron chi connectivity index (χ0n) is 17.4. The Kier molecular flexibility index (Phi) is 5.62. The second kappa shape index (κ2) is 8.55. The molecule has 2 aromatic heterocycles. The van der Waals surface area contributed by atoms with Crippen LogP contribution < -0.4 is 5.32 Å². The molecule has 1 saturated heterocycles. The molecule has 0 amide bonds. The number of morpholine rings is 1. The van der Waals surface area contributed by atoms with Gasteiger partial charge in [0.25, 0.3) is 0 Å². The van der Waals surface area contributed by atoms with Gasteiger partial charge in [0.1, 0.15) is 5.76 Å². The maximum atomic E-state index is 5.43. The van der Waals surface area contributed by atoms with Crippen molar-refractivity contribution in [3.63, 3.8) is 0 Å². The van der Waals surface area contributed by atoms with Crippen LogP contribution in [0.3, 0.4) is 0 Å². The summed E-state index contributed by atoms with van der Waals surface area (Å²) in [6, 6.07) is 10.9. The molecule has 31 heavy (non-hydrogen) atoms. The Labute approximate surface area is 189 Å². The highest BCUT2D eigenvalue weighted by molar-refractivity contribution is 7.95. The van der Waals surface area contributed by atoms with E-state index < -0.39 is 0 Å². The molecule has 3 heterocycles. The number of anilines is 1. The number of aryl methyl sites for hydroxylation is 2. The quantitative estimate of drug-likeness (QED) is 0.298. The Morgan fingerprint density at radius 1 is 1.16 bits per heavy atom. The number of thiocarbonyl (C=S) groups is 1. The molecule has 1 aliphatic rings. The van der Waals surface area contributed by atoms with Crippen LogP contribution >= 0.6 is 23.8 Å². The summed E-state index contributed by atoms with van der Waals surface area (Å²) in [5, 5.41) is 11.9. The second-order valence-electron chi connectivity index (χ2n) is 7.65. The molecule has 4 aromatic rings. The summed E-state index contributed by atoms with van der Waals surface area (Å²) in [5.74, 6) is 0.809. The van der Waals surface area contributed by atoms with Crippen molar-refractivity contribution < 1.29 is 9.26 Å². The van der Waals surface area contributed by atoms with Gasteiger partial charge in [-0.1, -0.05) is 29.5 Å². The van der Waals surface area contributed by atoms with Gasteiger partial charge in [0, 0.05) is 34.9 Å². The Morgan fingerprint density at radius 3 is 2.74 bits per heavy atom. The molecule has 8 heteroatoms. The van der Waals surface area contributed by atoms with Crippen molar-refractivity contribution in [3.8, 4) is 11.1 Å². The number of thiol groups is 1. The van der Waals surface area contributed by atoms with Crippen LogP contribution in [0.2, 0.25) is 0 Å². The topological polar surface area (TPSA) is 66.3 Å². The first-order chi connectivity index (χ1) is 15.1. The van der Waals surface area contributed by atoms with Gasteiger partial charge in [0.05, 0.1) is 35.6 Å². The molecule has 0 spiro atoms. The van der Waals surface area contributed by atoms with Gasteiger partial charge < -0.3 is 19.6 Å². The molecule has 1 fully saturated rings. The molecule has 0 aliphatic carbocycles. The molecule has 0 bridgehead atoms. The van der Waals surface area contributed by atoms with Crippen LogP contribution in [0.25, 0.3) is 32.9 Å². The fourth-order valence-corrected chi connectivity index (χ4v) is 5.12. The number of fused-ring (bicyclic) bond motifs is 3. The molecule has 160 valence electrons. The van der Waals surface area contributed by atoms with Crippen LogP contribution in [0.5, 0.6) is 0 Å². The van der Waals surface area contributed by atoms with Crippen molar-refractivity contribution in [2.45, 2.75) is 13.8 Å². The molecule has 1 aliphatic heterocycles. The van der Waals surface area contributed by atoms with Gasteiger partial charge in [-0.05, 0) is 48.5 Å². The third kappa shape index (κ3) is 3.92. The lowest BCUT2D eigenvalue weighted by Crippen LogP contribution is -2.29. The SMILES string of the molecule is Cc1noc(C)c1-c1cc(NC=S)c2[nH]c3cc(C=[SH]N4CCOCC4)ccc3c2c1. The summed E-state index contributed by atoms with van der Waals surface area (Å²) in [6.07, 6.45) is 0. The Hall–Kier alpha value is -2.52. The molecular weight excluding hydrogens is 428 g/mol. The van der Waals surface area contributed by atoms with E-state index in [-0.39, 0.29) is 0 Å². The molecule has 0 radical (unpaired) electrons. The van der Waals surface area contributed by atoms with Crippen molar-refractivity contribution in [2.24, 2.45) is 0 Å². The highest BCUT2D eigenvalue weighted by Crippen LogP contribution is 2.37. The number of ether oxygens (including phenoxy) is 1. The normalized spacial score (nSPS) is 15.5. The average molecular weight is 453 g/mol. The summed E-state index contributed by atoms with van der Waals surface area (Å²) >= 11 is 6.29. The molecule has 0 atom stereocenters. The van der Waals surface area contributed by atoms with Crippen LogP contribution in [0, 0.1) is 13.8 Å². The third-order valence-electron chi connectivity index (χ3n) is 5.63. The summed E-state index contributed by atoms with van der Waals surface area (Å²) < 4.78 is 13.2. The lowest BCUT2D eigenvalue weighted by molar-refractivity contribution is 0.0780. The first kappa shape index (κ1) is 20.4. The number of aromatic amines is 1. The van der Waals surface area contributed by atoms with Gasteiger partial charge in [0.15, 0.2) is 0 Å². The predicted molar refractivity (Wildman–Crippen MR) is 135 cm³/mol.